The van der Waals surface area contributed by atoms with E-state index in [1.165, 1.54) is 6.42 Å². The molecule has 2 aliphatic heterocycles. The van der Waals surface area contributed by atoms with E-state index in [9.17, 15) is 9.18 Å². The summed E-state index contributed by atoms with van der Waals surface area (Å²) in [4.78, 5) is 35.5. The number of pyridine rings is 2. The van der Waals surface area contributed by atoms with Crippen LogP contribution in [0.2, 0.25) is 0 Å². The Kier molecular flexibility index (Phi) is 7.22. The van der Waals surface area contributed by atoms with Gasteiger partial charge in [-0.1, -0.05) is 13.8 Å². The second-order valence-electron chi connectivity index (χ2n) is 9.87. The average Bonchev–Trinajstić information content (AvgIpc) is 2.87. The number of aromatic nitrogens is 4. The van der Waals surface area contributed by atoms with Gasteiger partial charge in [-0.25, -0.2) is 14.4 Å². The number of anilines is 3. The van der Waals surface area contributed by atoms with E-state index < -0.39 is 0 Å². The second-order valence-corrected chi connectivity index (χ2v) is 9.87. The maximum absolute atomic E-state index is 13.0. The van der Waals surface area contributed by atoms with Gasteiger partial charge in [0.15, 0.2) is 0 Å². The van der Waals surface area contributed by atoms with Crippen LogP contribution in [0.1, 0.15) is 55.1 Å². The van der Waals surface area contributed by atoms with Crippen molar-refractivity contribution in [3.8, 4) is 0 Å². The summed E-state index contributed by atoms with van der Waals surface area (Å²) < 4.78 is 12.5. The van der Waals surface area contributed by atoms with Gasteiger partial charge in [-0.15, -0.1) is 0 Å². The molecule has 0 spiro atoms. The number of piperidine rings is 1. The minimum atomic E-state index is -0.375. The van der Waals surface area contributed by atoms with Crippen LogP contribution in [0, 0.1) is 0 Å². The molecule has 5 rings (SSSR count). The number of nitrogens with one attached hydrogen (secondary N) is 2. The molecule has 0 atom stereocenters. The normalized spacial score (nSPS) is 16.8. The van der Waals surface area contributed by atoms with Crippen molar-refractivity contribution < 1.29 is 9.18 Å². The number of halogens is 1. The number of amides is 1. The molecule has 0 radical (unpaired) electrons. The summed E-state index contributed by atoms with van der Waals surface area (Å²) in [6.07, 6.45) is 8.81. The third kappa shape index (κ3) is 5.23. The topological polar surface area (TPSA) is 99.2 Å². The van der Waals surface area contributed by atoms with Crippen LogP contribution < -0.4 is 15.5 Å². The number of carbonyl (C=O) groups is 1. The van der Waals surface area contributed by atoms with Crippen molar-refractivity contribution in [1.29, 1.82) is 0 Å². The molecule has 9 nitrogen and oxygen atoms in total. The summed E-state index contributed by atoms with van der Waals surface area (Å²) in [6.45, 7) is 7.50. The smallest absolute Gasteiger partial charge is 0.270 e. The highest BCUT2D eigenvalue weighted by molar-refractivity contribution is 6.06. The van der Waals surface area contributed by atoms with E-state index in [0.717, 1.165) is 42.8 Å². The third-order valence-electron chi connectivity index (χ3n) is 6.87. The molecule has 0 saturated carbocycles. The largest absolute Gasteiger partial charge is 0.345 e. The highest BCUT2D eigenvalue weighted by Gasteiger charge is 2.29. The minimum Gasteiger partial charge on any atom is -0.345 e. The molecule has 0 unspecified atom stereocenters. The summed E-state index contributed by atoms with van der Waals surface area (Å²) in [5.41, 5.74) is 1.40. The molecule has 2 fully saturated rings. The average molecular weight is 493 g/mol. The first kappa shape index (κ1) is 24.3. The van der Waals surface area contributed by atoms with Gasteiger partial charge in [0.05, 0.1) is 6.04 Å². The zero-order valence-electron chi connectivity index (χ0n) is 20.9. The zero-order chi connectivity index (χ0) is 25.1. The van der Waals surface area contributed by atoms with Crippen LogP contribution in [0.5, 0.6) is 0 Å². The van der Waals surface area contributed by atoms with Crippen molar-refractivity contribution >= 4 is 34.3 Å². The molecule has 36 heavy (non-hydrogen) atoms. The molecule has 3 aromatic heterocycles. The first-order valence-electron chi connectivity index (χ1n) is 12.7. The Morgan fingerprint density at radius 2 is 1.89 bits per heavy atom. The molecule has 2 N–H and O–H groups in total. The van der Waals surface area contributed by atoms with Gasteiger partial charge in [0.1, 0.15) is 24.0 Å². The van der Waals surface area contributed by atoms with Gasteiger partial charge in [0, 0.05) is 56.7 Å². The van der Waals surface area contributed by atoms with Gasteiger partial charge in [-0.3, -0.25) is 14.7 Å². The Morgan fingerprint density at radius 3 is 2.64 bits per heavy atom. The van der Waals surface area contributed by atoms with E-state index in [0.29, 0.717) is 42.4 Å². The van der Waals surface area contributed by atoms with E-state index in [1.54, 1.807) is 18.6 Å². The summed E-state index contributed by atoms with van der Waals surface area (Å²) in [5.74, 6) is 2.04. The number of fused-ring (bicyclic) bond motifs is 1. The molecule has 5 heterocycles. The molecule has 0 bridgehead atoms. The predicted molar refractivity (Wildman–Crippen MR) is 139 cm³/mol. The third-order valence-corrected chi connectivity index (χ3v) is 6.87. The van der Waals surface area contributed by atoms with Crippen LogP contribution in [0.25, 0.3) is 10.8 Å². The van der Waals surface area contributed by atoms with Crippen LogP contribution in [-0.4, -0.2) is 76.2 Å². The summed E-state index contributed by atoms with van der Waals surface area (Å²) in [6, 6.07) is 3.79. The molecule has 0 aromatic carbocycles. The number of nitrogens with zero attached hydrogens (tertiary/aromatic N) is 6. The molecule has 0 aliphatic carbocycles. The fraction of sp³-hybridized carbons (Fsp3) is 0.500. The highest BCUT2D eigenvalue weighted by Crippen LogP contribution is 2.29. The van der Waals surface area contributed by atoms with Crippen LogP contribution in [0.15, 0.2) is 30.7 Å². The lowest BCUT2D eigenvalue weighted by Gasteiger charge is -2.38. The Morgan fingerprint density at radius 1 is 1.08 bits per heavy atom. The van der Waals surface area contributed by atoms with E-state index in [-0.39, 0.29) is 24.5 Å². The fourth-order valence-electron chi connectivity index (χ4n) is 4.88. The van der Waals surface area contributed by atoms with Crippen LogP contribution in [0.4, 0.5) is 22.0 Å². The molecule has 1 amide bonds. The van der Waals surface area contributed by atoms with Crippen LogP contribution >= 0.6 is 0 Å². The molecule has 2 aliphatic rings. The van der Waals surface area contributed by atoms with Gasteiger partial charge < -0.3 is 15.5 Å². The molecule has 10 heteroatoms. The quantitative estimate of drug-likeness (QED) is 0.492. The van der Waals surface area contributed by atoms with E-state index in [1.807, 2.05) is 17.0 Å². The SMILES string of the molecule is CC(C)c1cnc(C(=O)NC2CN(CCF)C2)c2cnc(Nc3ccnc(N4CCCCC4)n3)cc12. The summed E-state index contributed by atoms with van der Waals surface area (Å²) >= 11 is 0. The van der Waals surface area contributed by atoms with E-state index in [4.69, 9.17) is 4.98 Å². The Balaban J connectivity index is 1.38. The Bertz CT molecular complexity index is 1220. The number of likely N-dealkylation sites (tertiary alicyclic amines) is 1. The van der Waals surface area contributed by atoms with Gasteiger partial charge >= 0.3 is 0 Å². The molecular weight excluding hydrogens is 459 g/mol. The Hall–Kier alpha value is -3.40. The summed E-state index contributed by atoms with van der Waals surface area (Å²) in [5, 5.41) is 7.98. The van der Waals surface area contributed by atoms with Crippen molar-refractivity contribution in [2.75, 3.05) is 49.6 Å². The lowest BCUT2D eigenvalue weighted by atomic mass is 9.98. The number of rotatable bonds is 8. The monoisotopic (exact) mass is 492 g/mol. The van der Waals surface area contributed by atoms with E-state index in [2.05, 4.69) is 44.3 Å². The van der Waals surface area contributed by atoms with Crippen molar-refractivity contribution in [3.63, 3.8) is 0 Å². The number of hydrogen-bond donors (Lipinski definition) is 2. The minimum absolute atomic E-state index is 0.00596. The van der Waals surface area contributed by atoms with Gasteiger partial charge in [-0.05, 0) is 48.3 Å². The molecule has 190 valence electrons. The Labute approximate surface area is 210 Å². The highest BCUT2D eigenvalue weighted by atomic mass is 19.1. The van der Waals surface area contributed by atoms with Crippen LogP contribution in [-0.2, 0) is 0 Å². The second kappa shape index (κ2) is 10.7. The fourth-order valence-corrected chi connectivity index (χ4v) is 4.88. The van der Waals surface area contributed by atoms with Gasteiger partial charge in [0.25, 0.3) is 5.91 Å². The first-order chi connectivity index (χ1) is 17.5. The molecule has 3 aromatic rings. The lowest BCUT2D eigenvalue weighted by molar-refractivity contribution is 0.0795. The molecule has 2 saturated heterocycles. The maximum atomic E-state index is 13.0. The van der Waals surface area contributed by atoms with Crippen LogP contribution in [0.3, 0.4) is 0 Å². The van der Waals surface area contributed by atoms with Crippen molar-refractivity contribution in [2.45, 2.75) is 45.1 Å². The van der Waals surface area contributed by atoms with Gasteiger partial charge in [0.2, 0.25) is 5.95 Å². The lowest BCUT2D eigenvalue weighted by Crippen LogP contribution is -2.59. The zero-order valence-corrected chi connectivity index (χ0v) is 20.9. The number of hydrogen-bond acceptors (Lipinski definition) is 8. The number of alkyl halides is 1. The summed E-state index contributed by atoms with van der Waals surface area (Å²) in [7, 11) is 0. The first-order valence-corrected chi connectivity index (χ1v) is 12.7. The standard InChI is InChI=1S/C26H33FN8O/c1-17(2)20-13-30-24(25(36)31-18-15-34(16-18)11-7-27)21-14-29-23(12-19(20)21)32-22-6-8-28-26(33-22)35-9-4-3-5-10-35/h6,8,12-14,17-18H,3-5,7,9-11,15-16H2,1-2H3,(H,31,36)(H,28,29,32,33). The van der Waals surface area contributed by atoms with Crippen molar-refractivity contribution in [2.24, 2.45) is 0 Å². The van der Waals surface area contributed by atoms with Crippen molar-refractivity contribution in [1.82, 2.24) is 30.2 Å². The van der Waals surface area contributed by atoms with E-state index >= 15 is 0 Å². The van der Waals surface area contributed by atoms with Gasteiger partial charge in [-0.2, -0.15) is 4.98 Å². The number of carbonyl (C=O) groups excluding carboxylic acids is 1. The maximum Gasteiger partial charge on any atom is 0.270 e. The van der Waals surface area contributed by atoms with Crippen molar-refractivity contribution in [3.05, 3.63) is 42.0 Å². The predicted octanol–water partition coefficient (Wildman–Crippen LogP) is 3.66. The molecular formula is C26H33FN8O.